The Bertz CT molecular complexity index is 309. The molecule has 1 heterocycles. The lowest BCUT2D eigenvalue weighted by Gasteiger charge is -2.31. The second kappa shape index (κ2) is 6.06. The van der Waals surface area contributed by atoms with Crippen LogP contribution in [0.25, 0.3) is 0 Å². The van der Waals surface area contributed by atoms with E-state index < -0.39 is 0 Å². The van der Waals surface area contributed by atoms with Gasteiger partial charge in [0, 0.05) is 12.6 Å². The number of furan rings is 1. The van der Waals surface area contributed by atoms with Crippen molar-refractivity contribution in [2.75, 3.05) is 13.6 Å². The van der Waals surface area contributed by atoms with E-state index in [2.05, 4.69) is 25.8 Å². The zero-order chi connectivity index (χ0) is 12.1. The molecule has 0 aliphatic carbocycles. The molecule has 0 fully saturated rings. The number of rotatable bonds is 6. The molecule has 0 aliphatic heterocycles. The molecule has 0 saturated heterocycles. The summed E-state index contributed by atoms with van der Waals surface area (Å²) < 4.78 is 5.66. The summed E-state index contributed by atoms with van der Waals surface area (Å²) in [5.74, 6) is 1.93. The molecule has 2 atom stereocenters. The number of hydrogen-bond acceptors (Lipinski definition) is 3. The number of hydrogen-bond donors (Lipinski definition) is 1. The van der Waals surface area contributed by atoms with Crippen LogP contribution in [0.1, 0.15) is 44.3 Å². The normalized spacial score (nSPS) is 15.4. The first-order chi connectivity index (χ1) is 7.60. The van der Waals surface area contributed by atoms with Gasteiger partial charge >= 0.3 is 0 Å². The maximum atomic E-state index is 5.85. The summed E-state index contributed by atoms with van der Waals surface area (Å²) >= 11 is 0. The van der Waals surface area contributed by atoms with Gasteiger partial charge in [-0.15, -0.1) is 0 Å². The van der Waals surface area contributed by atoms with Crippen molar-refractivity contribution in [3.8, 4) is 0 Å². The van der Waals surface area contributed by atoms with E-state index in [0.717, 1.165) is 11.5 Å². The zero-order valence-electron chi connectivity index (χ0n) is 10.9. The highest BCUT2D eigenvalue weighted by molar-refractivity contribution is 5.10. The molecule has 92 valence electrons. The summed E-state index contributed by atoms with van der Waals surface area (Å²) in [5, 5.41) is 0. The van der Waals surface area contributed by atoms with Crippen LogP contribution in [-0.4, -0.2) is 24.5 Å². The first-order valence-corrected chi connectivity index (χ1v) is 6.08. The minimum Gasteiger partial charge on any atom is -0.465 e. The van der Waals surface area contributed by atoms with Crippen LogP contribution in [-0.2, 0) is 0 Å². The van der Waals surface area contributed by atoms with Gasteiger partial charge in [-0.25, -0.2) is 0 Å². The van der Waals surface area contributed by atoms with Gasteiger partial charge in [0.15, 0.2) is 0 Å². The molecule has 1 aromatic rings. The minimum absolute atomic E-state index is 0.190. The van der Waals surface area contributed by atoms with E-state index in [-0.39, 0.29) is 6.04 Å². The number of aryl methyl sites for hydroxylation is 1. The van der Waals surface area contributed by atoms with Gasteiger partial charge in [-0.2, -0.15) is 0 Å². The smallest absolute Gasteiger partial charge is 0.122 e. The summed E-state index contributed by atoms with van der Waals surface area (Å²) in [5.41, 5.74) is 5.85. The summed E-state index contributed by atoms with van der Waals surface area (Å²) in [6.45, 7) is 7.00. The average Bonchev–Trinajstić information content (AvgIpc) is 2.66. The van der Waals surface area contributed by atoms with Gasteiger partial charge < -0.3 is 10.2 Å². The van der Waals surface area contributed by atoms with Gasteiger partial charge in [0.25, 0.3) is 0 Å². The van der Waals surface area contributed by atoms with Gasteiger partial charge in [-0.1, -0.05) is 13.3 Å². The largest absolute Gasteiger partial charge is 0.465 e. The van der Waals surface area contributed by atoms with E-state index >= 15 is 0 Å². The van der Waals surface area contributed by atoms with E-state index in [9.17, 15) is 0 Å². The molecule has 1 aromatic heterocycles. The maximum Gasteiger partial charge on any atom is 0.122 e. The molecule has 0 aromatic carbocycles. The van der Waals surface area contributed by atoms with Crippen molar-refractivity contribution in [1.29, 1.82) is 0 Å². The highest BCUT2D eigenvalue weighted by Gasteiger charge is 2.22. The van der Waals surface area contributed by atoms with Gasteiger partial charge in [0.1, 0.15) is 11.5 Å². The Balaban J connectivity index is 2.73. The Kier molecular flexibility index (Phi) is 5.03. The lowest BCUT2D eigenvalue weighted by atomic mass is 10.1. The quantitative estimate of drug-likeness (QED) is 0.808. The number of nitrogens with zero attached hydrogens (tertiary/aromatic N) is 1. The molecule has 0 amide bonds. The predicted molar refractivity (Wildman–Crippen MR) is 67.4 cm³/mol. The van der Waals surface area contributed by atoms with Crippen LogP contribution in [0.2, 0.25) is 0 Å². The van der Waals surface area contributed by atoms with Crippen molar-refractivity contribution >= 4 is 0 Å². The van der Waals surface area contributed by atoms with Gasteiger partial charge in [-0.05, 0) is 39.4 Å². The van der Waals surface area contributed by atoms with Gasteiger partial charge in [0.2, 0.25) is 0 Å². The van der Waals surface area contributed by atoms with Crippen molar-refractivity contribution in [2.45, 2.75) is 45.7 Å². The number of likely N-dealkylation sites (N-methyl/N-ethyl adjacent to an activating group) is 1. The third-order valence-corrected chi connectivity index (χ3v) is 3.21. The molecular weight excluding hydrogens is 200 g/mol. The highest BCUT2D eigenvalue weighted by Crippen LogP contribution is 2.23. The Morgan fingerprint density at radius 3 is 2.56 bits per heavy atom. The first kappa shape index (κ1) is 13.3. The minimum atomic E-state index is 0.190. The van der Waals surface area contributed by atoms with Crippen LogP contribution < -0.4 is 5.73 Å². The average molecular weight is 224 g/mol. The van der Waals surface area contributed by atoms with E-state index in [1.54, 1.807) is 0 Å². The van der Waals surface area contributed by atoms with Gasteiger partial charge in [0.05, 0.1) is 6.04 Å². The van der Waals surface area contributed by atoms with Crippen molar-refractivity contribution in [3.05, 3.63) is 23.7 Å². The molecule has 0 radical (unpaired) electrons. The highest BCUT2D eigenvalue weighted by atomic mass is 16.3. The fourth-order valence-corrected chi connectivity index (χ4v) is 2.04. The third kappa shape index (κ3) is 3.09. The zero-order valence-corrected chi connectivity index (χ0v) is 10.9. The van der Waals surface area contributed by atoms with Crippen LogP contribution in [0.3, 0.4) is 0 Å². The molecule has 0 saturated carbocycles. The topological polar surface area (TPSA) is 42.4 Å². The lowest BCUT2D eigenvalue weighted by molar-refractivity contribution is 0.159. The molecule has 2 unspecified atom stereocenters. The van der Waals surface area contributed by atoms with E-state index in [4.69, 9.17) is 10.2 Å². The molecule has 0 bridgehead atoms. The van der Waals surface area contributed by atoms with Crippen LogP contribution >= 0.6 is 0 Å². The summed E-state index contributed by atoms with van der Waals surface area (Å²) in [4.78, 5) is 2.31. The molecule has 3 heteroatoms. The Morgan fingerprint density at radius 1 is 1.44 bits per heavy atom. The number of nitrogens with two attached hydrogens (primary N) is 1. The molecule has 0 aliphatic rings. The predicted octanol–water partition coefficient (Wildman–Crippen LogP) is 2.71. The summed E-state index contributed by atoms with van der Waals surface area (Å²) in [7, 11) is 2.12. The Labute approximate surface area is 98.6 Å². The Morgan fingerprint density at radius 2 is 2.12 bits per heavy atom. The Hall–Kier alpha value is -0.800. The SMILES string of the molecule is CCCC(C)N(C)C(CN)c1ccc(C)o1. The molecule has 1 rings (SSSR count). The second-order valence-corrected chi connectivity index (χ2v) is 4.50. The van der Waals surface area contributed by atoms with Crippen LogP contribution in [0.5, 0.6) is 0 Å². The van der Waals surface area contributed by atoms with E-state index in [1.165, 1.54) is 12.8 Å². The molecule has 0 spiro atoms. The standard InChI is InChI=1S/C13H24N2O/c1-5-6-10(2)15(4)12(9-14)13-8-7-11(3)16-13/h7-8,10,12H,5-6,9,14H2,1-4H3. The lowest BCUT2D eigenvalue weighted by Crippen LogP contribution is -2.36. The van der Waals surface area contributed by atoms with E-state index in [1.807, 2.05) is 19.1 Å². The van der Waals surface area contributed by atoms with Crippen molar-refractivity contribution in [1.82, 2.24) is 4.90 Å². The molecule has 3 nitrogen and oxygen atoms in total. The first-order valence-electron chi connectivity index (χ1n) is 6.08. The monoisotopic (exact) mass is 224 g/mol. The van der Waals surface area contributed by atoms with Crippen LogP contribution in [0.15, 0.2) is 16.5 Å². The van der Waals surface area contributed by atoms with Crippen molar-refractivity contribution < 1.29 is 4.42 Å². The second-order valence-electron chi connectivity index (χ2n) is 4.50. The fourth-order valence-electron chi connectivity index (χ4n) is 2.04. The van der Waals surface area contributed by atoms with E-state index in [0.29, 0.717) is 12.6 Å². The fraction of sp³-hybridized carbons (Fsp3) is 0.692. The van der Waals surface area contributed by atoms with Crippen LogP contribution in [0, 0.1) is 6.92 Å². The molecule has 2 N–H and O–H groups in total. The van der Waals surface area contributed by atoms with Crippen molar-refractivity contribution in [3.63, 3.8) is 0 Å². The summed E-state index contributed by atoms with van der Waals surface area (Å²) in [6, 6.07) is 4.75. The third-order valence-electron chi connectivity index (χ3n) is 3.21. The molecule has 16 heavy (non-hydrogen) atoms. The van der Waals surface area contributed by atoms with Crippen molar-refractivity contribution in [2.24, 2.45) is 5.73 Å². The maximum absolute atomic E-state index is 5.85. The molecular formula is C13H24N2O. The van der Waals surface area contributed by atoms with Crippen LogP contribution in [0.4, 0.5) is 0 Å². The summed E-state index contributed by atoms with van der Waals surface area (Å²) in [6.07, 6.45) is 2.38. The van der Waals surface area contributed by atoms with Gasteiger partial charge in [-0.3, -0.25) is 4.90 Å².